The summed E-state index contributed by atoms with van der Waals surface area (Å²) in [7, 11) is 0. The predicted molar refractivity (Wildman–Crippen MR) is 157 cm³/mol. The second kappa shape index (κ2) is 10.5. The van der Waals surface area contributed by atoms with Gasteiger partial charge in [0.2, 0.25) is 0 Å². The number of hydrogen-bond donors (Lipinski definition) is 0. The van der Waals surface area contributed by atoms with Crippen molar-refractivity contribution >= 4 is 17.5 Å². The molecule has 1 aliphatic heterocycles. The van der Waals surface area contributed by atoms with Crippen LogP contribution in [-0.4, -0.2) is 5.71 Å². The van der Waals surface area contributed by atoms with E-state index in [2.05, 4.69) is 145 Å². The molecule has 0 saturated carbocycles. The maximum Gasteiger partial charge on any atom is 0.0831 e. The monoisotopic (exact) mass is 476 g/mol. The molecule has 37 heavy (non-hydrogen) atoms. The zero-order valence-corrected chi connectivity index (χ0v) is 20.6. The van der Waals surface area contributed by atoms with E-state index in [0.717, 1.165) is 17.8 Å². The lowest BCUT2D eigenvalue weighted by molar-refractivity contribution is 0.709. The van der Waals surface area contributed by atoms with Crippen LogP contribution in [0.5, 0.6) is 0 Å². The molecule has 0 N–H and O–H groups in total. The third-order valence-electron chi connectivity index (χ3n) is 6.84. The lowest BCUT2D eigenvalue weighted by Crippen LogP contribution is -2.18. The number of para-hydroxylation sites is 1. The summed E-state index contributed by atoms with van der Waals surface area (Å²) in [6, 6.07) is 49.2. The van der Waals surface area contributed by atoms with Gasteiger partial charge in [-0.25, -0.2) is 0 Å². The number of hydrazone groups is 1. The van der Waals surface area contributed by atoms with E-state index in [1.54, 1.807) is 0 Å². The molecule has 0 radical (unpaired) electrons. The highest BCUT2D eigenvalue weighted by molar-refractivity contribution is 6.01. The Morgan fingerprint density at radius 3 is 1.57 bits per heavy atom. The minimum Gasteiger partial charge on any atom is -0.257 e. The lowest BCUT2D eigenvalue weighted by Gasteiger charge is -2.24. The first-order valence-electron chi connectivity index (χ1n) is 12.7. The summed E-state index contributed by atoms with van der Waals surface area (Å²) in [4.78, 5) is 0. The number of anilines is 1. The van der Waals surface area contributed by atoms with Gasteiger partial charge < -0.3 is 0 Å². The van der Waals surface area contributed by atoms with E-state index >= 15 is 0 Å². The maximum absolute atomic E-state index is 5.04. The molecule has 0 aliphatic carbocycles. The fourth-order valence-electron chi connectivity index (χ4n) is 4.85. The summed E-state index contributed by atoms with van der Waals surface area (Å²) in [6.45, 7) is 0. The van der Waals surface area contributed by atoms with Crippen LogP contribution in [0.25, 0.3) is 28.3 Å². The number of benzene rings is 5. The van der Waals surface area contributed by atoms with Gasteiger partial charge in [0.25, 0.3) is 0 Å². The zero-order chi connectivity index (χ0) is 24.9. The molecule has 0 aromatic heterocycles. The molecule has 0 fully saturated rings. The highest BCUT2D eigenvalue weighted by atomic mass is 15.5. The summed E-state index contributed by atoms with van der Waals surface area (Å²) in [5.41, 5.74) is 9.55. The minimum atomic E-state index is 0.160. The molecule has 0 spiro atoms. The summed E-state index contributed by atoms with van der Waals surface area (Å²) in [5, 5.41) is 7.20. The zero-order valence-electron chi connectivity index (χ0n) is 20.6. The summed E-state index contributed by atoms with van der Waals surface area (Å²) < 4.78 is 0. The van der Waals surface area contributed by atoms with Crippen molar-refractivity contribution in [2.24, 2.45) is 5.10 Å². The molecule has 2 heteroatoms. The predicted octanol–water partition coefficient (Wildman–Crippen LogP) is 9.04. The van der Waals surface area contributed by atoms with Crippen molar-refractivity contribution in [3.05, 3.63) is 157 Å². The van der Waals surface area contributed by atoms with Gasteiger partial charge in [-0.3, -0.25) is 5.01 Å². The van der Waals surface area contributed by atoms with Gasteiger partial charge in [-0.2, -0.15) is 5.10 Å². The Morgan fingerprint density at radius 2 is 1.00 bits per heavy atom. The van der Waals surface area contributed by atoms with E-state index in [4.69, 9.17) is 5.10 Å². The first kappa shape index (κ1) is 22.8. The van der Waals surface area contributed by atoms with Crippen molar-refractivity contribution in [2.45, 2.75) is 12.5 Å². The molecule has 1 atom stereocenters. The van der Waals surface area contributed by atoms with E-state index in [-0.39, 0.29) is 6.04 Å². The number of allylic oxidation sites excluding steroid dienone is 1. The van der Waals surface area contributed by atoms with Crippen LogP contribution in [0.4, 0.5) is 5.69 Å². The van der Waals surface area contributed by atoms with Crippen LogP contribution in [0, 0.1) is 0 Å². The Balaban J connectivity index is 1.24. The van der Waals surface area contributed by atoms with Crippen molar-refractivity contribution in [2.75, 3.05) is 5.01 Å². The van der Waals surface area contributed by atoms with Crippen LogP contribution in [0.3, 0.4) is 0 Å². The molecule has 2 nitrogen and oxygen atoms in total. The molecule has 1 heterocycles. The normalized spacial score (nSPS) is 15.2. The van der Waals surface area contributed by atoms with Crippen LogP contribution in [0.1, 0.15) is 23.6 Å². The van der Waals surface area contributed by atoms with Crippen molar-refractivity contribution in [1.82, 2.24) is 0 Å². The Hall–Kier alpha value is -4.69. The van der Waals surface area contributed by atoms with Crippen molar-refractivity contribution in [3.8, 4) is 22.3 Å². The van der Waals surface area contributed by atoms with Gasteiger partial charge in [0, 0.05) is 6.42 Å². The van der Waals surface area contributed by atoms with Gasteiger partial charge in [-0.15, -0.1) is 0 Å². The highest BCUT2D eigenvalue weighted by Gasteiger charge is 2.28. The van der Waals surface area contributed by atoms with Gasteiger partial charge >= 0.3 is 0 Å². The Morgan fingerprint density at radius 1 is 0.514 bits per heavy atom. The molecule has 0 amide bonds. The molecule has 0 saturated heterocycles. The maximum atomic E-state index is 5.04. The molecular weight excluding hydrogens is 448 g/mol. The quantitative estimate of drug-likeness (QED) is 0.239. The van der Waals surface area contributed by atoms with Crippen molar-refractivity contribution in [3.63, 3.8) is 0 Å². The number of rotatable bonds is 6. The molecule has 0 bridgehead atoms. The summed E-state index contributed by atoms with van der Waals surface area (Å²) in [6.07, 6.45) is 5.18. The van der Waals surface area contributed by atoms with Gasteiger partial charge in [-0.1, -0.05) is 133 Å². The van der Waals surface area contributed by atoms with E-state index in [1.165, 1.54) is 33.4 Å². The van der Waals surface area contributed by atoms with Gasteiger partial charge in [0.05, 0.1) is 17.4 Å². The van der Waals surface area contributed by atoms with E-state index in [1.807, 2.05) is 12.1 Å². The third-order valence-corrected chi connectivity index (χ3v) is 6.84. The Bertz CT molecular complexity index is 1500. The van der Waals surface area contributed by atoms with Gasteiger partial charge in [-0.05, 0) is 51.6 Å². The standard InChI is InChI=1S/C35H28N2/c1-4-10-28(11-5-1)30-19-16-27(17-20-30)18-25-33-26-35(37(36-33)34-14-8-3-9-15-34)32-23-21-31(22-24-32)29-12-6-2-7-13-29/h1-25,35H,26H2/b25-18+/t35-/m1/s1. The van der Waals surface area contributed by atoms with E-state index < -0.39 is 0 Å². The molecule has 6 rings (SSSR count). The van der Waals surface area contributed by atoms with E-state index in [9.17, 15) is 0 Å². The van der Waals surface area contributed by atoms with Crippen molar-refractivity contribution < 1.29 is 0 Å². The Labute approximate surface area is 218 Å². The molecule has 5 aromatic carbocycles. The minimum absolute atomic E-state index is 0.160. The Kier molecular flexibility index (Phi) is 6.46. The smallest absolute Gasteiger partial charge is 0.0831 e. The SMILES string of the molecule is C(=C\c1ccc(-c2ccccc2)cc1)/C1=NN(c2ccccc2)[C@@H](c2ccc(-c3ccccc3)cc2)C1. The number of nitrogens with zero attached hydrogens (tertiary/aromatic N) is 2. The number of hydrogen-bond acceptors (Lipinski definition) is 2. The molecule has 5 aromatic rings. The van der Waals surface area contributed by atoms with Crippen LogP contribution >= 0.6 is 0 Å². The third kappa shape index (κ3) is 5.14. The van der Waals surface area contributed by atoms with Crippen LogP contribution < -0.4 is 5.01 Å². The highest BCUT2D eigenvalue weighted by Crippen LogP contribution is 2.36. The molecule has 0 unspecified atom stereocenters. The van der Waals surface area contributed by atoms with Gasteiger partial charge in [0.1, 0.15) is 0 Å². The second-order valence-electron chi connectivity index (χ2n) is 9.30. The largest absolute Gasteiger partial charge is 0.257 e. The van der Waals surface area contributed by atoms with Crippen LogP contribution in [-0.2, 0) is 0 Å². The lowest BCUT2D eigenvalue weighted by atomic mass is 9.97. The van der Waals surface area contributed by atoms with Gasteiger partial charge in [0.15, 0.2) is 0 Å². The van der Waals surface area contributed by atoms with Crippen LogP contribution in [0.2, 0.25) is 0 Å². The van der Waals surface area contributed by atoms with Crippen molar-refractivity contribution in [1.29, 1.82) is 0 Å². The fourth-order valence-corrected chi connectivity index (χ4v) is 4.85. The fraction of sp³-hybridized carbons (Fsp3) is 0.0571. The molecule has 1 aliphatic rings. The first-order valence-corrected chi connectivity index (χ1v) is 12.7. The average molecular weight is 477 g/mol. The average Bonchev–Trinajstić information content (AvgIpc) is 3.42. The molecular formula is C35H28N2. The second-order valence-corrected chi connectivity index (χ2v) is 9.30. The summed E-state index contributed by atoms with van der Waals surface area (Å²) >= 11 is 0. The van der Waals surface area contributed by atoms with Crippen LogP contribution in [0.15, 0.2) is 151 Å². The first-order chi connectivity index (χ1) is 18.3. The summed E-state index contributed by atoms with van der Waals surface area (Å²) in [5.74, 6) is 0. The molecule has 178 valence electrons. The topological polar surface area (TPSA) is 15.6 Å². The van der Waals surface area contributed by atoms with E-state index in [0.29, 0.717) is 0 Å².